The minimum absolute atomic E-state index is 0.0194. The van der Waals surface area contributed by atoms with E-state index >= 15 is 0 Å². The molecule has 0 saturated carbocycles. The molecule has 0 amide bonds. The van der Waals surface area contributed by atoms with Crippen molar-refractivity contribution in [2.45, 2.75) is 6.04 Å². The lowest BCUT2D eigenvalue weighted by molar-refractivity contribution is 0.102. The number of Topliss-reactive ketones (excluding diaryl/α,β-unsaturated/α-hetero) is 1. The average Bonchev–Trinajstić information content (AvgIpc) is 3.24. The fourth-order valence-corrected chi connectivity index (χ4v) is 3.64. The smallest absolute Gasteiger partial charge is 0.248 e. The van der Waals surface area contributed by atoms with Crippen molar-refractivity contribution in [3.05, 3.63) is 70.8 Å². The number of carbonyl (C=O) groups excluding carboxylic acids is 1. The van der Waals surface area contributed by atoms with Gasteiger partial charge in [0.1, 0.15) is 6.04 Å². The minimum atomic E-state index is -0.354. The van der Waals surface area contributed by atoms with E-state index in [0.29, 0.717) is 17.1 Å². The summed E-state index contributed by atoms with van der Waals surface area (Å²) in [7, 11) is 3.99. The lowest BCUT2D eigenvalue weighted by Gasteiger charge is -2.26. The van der Waals surface area contributed by atoms with Crippen LogP contribution in [0.1, 0.15) is 27.5 Å². The molecule has 2 aromatic carbocycles. The van der Waals surface area contributed by atoms with Crippen LogP contribution in [0.2, 0.25) is 0 Å². The molecule has 0 unspecified atom stereocenters. The van der Waals surface area contributed by atoms with Crippen molar-refractivity contribution in [3.8, 4) is 0 Å². The zero-order valence-corrected chi connectivity index (χ0v) is 14.3. The number of allylic oxidation sites excluding steroid dienone is 1. The number of benzene rings is 2. The van der Waals surface area contributed by atoms with Crippen LogP contribution in [0.25, 0.3) is 5.70 Å². The van der Waals surface area contributed by atoms with E-state index in [4.69, 9.17) is 0 Å². The summed E-state index contributed by atoms with van der Waals surface area (Å²) in [5.74, 6) is 0.556. The Morgan fingerprint density at radius 1 is 1.04 bits per heavy atom. The van der Waals surface area contributed by atoms with Gasteiger partial charge in [-0.3, -0.25) is 4.79 Å². The largest absolute Gasteiger partial charge is 0.378 e. The van der Waals surface area contributed by atoms with Crippen LogP contribution in [0.4, 0.5) is 11.6 Å². The van der Waals surface area contributed by atoms with E-state index in [-0.39, 0.29) is 11.8 Å². The van der Waals surface area contributed by atoms with E-state index in [1.807, 2.05) is 67.5 Å². The maximum absolute atomic E-state index is 13.1. The van der Waals surface area contributed by atoms with E-state index in [0.717, 1.165) is 22.5 Å². The van der Waals surface area contributed by atoms with Crippen LogP contribution in [0.15, 0.2) is 54.1 Å². The molecule has 1 aromatic heterocycles. The van der Waals surface area contributed by atoms with Gasteiger partial charge in [0.05, 0.1) is 11.3 Å². The first-order valence-corrected chi connectivity index (χ1v) is 8.35. The molecule has 5 rings (SSSR count). The van der Waals surface area contributed by atoms with E-state index < -0.39 is 0 Å². The third-order valence-electron chi connectivity index (χ3n) is 4.93. The van der Waals surface area contributed by atoms with E-state index in [1.165, 1.54) is 0 Å². The number of nitrogens with one attached hydrogen (secondary N) is 1. The molecule has 0 fully saturated rings. The van der Waals surface area contributed by atoms with Crippen LogP contribution < -0.4 is 10.2 Å². The molecule has 2 aliphatic rings. The number of tetrazole rings is 1. The highest BCUT2D eigenvalue weighted by Crippen LogP contribution is 2.44. The van der Waals surface area contributed by atoms with Crippen molar-refractivity contribution in [3.63, 3.8) is 0 Å². The first kappa shape index (κ1) is 14.8. The number of rotatable bonds is 2. The molecule has 1 atom stereocenters. The first-order valence-electron chi connectivity index (χ1n) is 8.35. The fourth-order valence-electron chi connectivity index (χ4n) is 3.64. The maximum Gasteiger partial charge on any atom is 0.248 e. The van der Waals surface area contributed by atoms with Crippen LogP contribution in [-0.4, -0.2) is 40.1 Å². The van der Waals surface area contributed by atoms with Gasteiger partial charge in [0, 0.05) is 30.9 Å². The fraction of sp³-hybridized carbons (Fsp3) is 0.158. The normalized spacial score (nSPS) is 17.5. The molecule has 1 aliphatic heterocycles. The number of ketones is 1. The summed E-state index contributed by atoms with van der Waals surface area (Å²) in [4.78, 5) is 15.2. The highest BCUT2D eigenvalue weighted by Gasteiger charge is 2.41. The molecule has 0 spiro atoms. The number of aromatic nitrogens is 4. The lowest BCUT2D eigenvalue weighted by atomic mass is 9.94. The van der Waals surface area contributed by atoms with Gasteiger partial charge in [0.2, 0.25) is 5.95 Å². The third-order valence-corrected chi connectivity index (χ3v) is 4.93. The first-order chi connectivity index (χ1) is 12.6. The third kappa shape index (κ3) is 1.94. The van der Waals surface area contributed by atoms with Gasteiger partial charge in [0.25, 0.3) is 0 Å². The predicted molar refractivity (Wildman–Crippen MR) is 98.0 cm³/mol. The SMILES string of the molecule is CN(C)c1ccc([C@H]2C3=C(Nc4nnnn42)c2ccccc2C3=O)cc1. The Morgan fingerprint density at radius 2 is 1.77 bits per heavy atom. The average molecular weight is 344 g/mol. The molecule has 0 bridgehead atoms. The van der Waals surface area contributed by atoms with E-state index in [9.17, 15) is 4.79 Å². The molecule has 7 heteroatoms. The number of carbonyl (C=O) groups is 1. The summed E-state index contributed by atoms with van der Waals surface area (Å²) in [6.45, 7) is 0. The molecular weight excluding hydrogens is 328 g/mol. The zero-order chi connectivity index (χ0) is 17.8. The second-order valence-electron chi connectivity index (χ2n) is 6.62. The summed E-state index contributed by atoms with van der Waals surface area (Å²) in [6, 6.07) is 15.4. The molecule has 0 saturated heterocycles. The standard InChI is InChI=1S/C19H16N6O/c1-24(2)12-9-7-11(8-10-12)17-15-16(20-19-21-22-23-25(17)19)13-5-3-4-6-14(13)18(15)26/h3-10,17H,1-2H3,(H,20,21,23)/t17-/m0/s1. The molecule has 0 radical (unpaired) electrons. The molecular formula is C19H16N6O. The van der Waals surface area contributed by atoms with Gasteiger partial charge < -0.3 is 10.2 Å². The predicted octanol–water partition coefficient (Wildman–Crippen LogP) is 2.36. The lowest BCUT2D eigenvalue weighted by Crippen LogP contribution is -2.25. The summed E-state index contributed by atoms with van der Waals surface area (Å²) in [5, 5.41) is 15.2. The topological polar surface area (TPSA) is 75.9 Å². The molecule has 26 heavy (non-hydrogen) atoms. The van der Waals surface area contributed by atoms with E-state index in [2.05, 4.69) is 20.8 Å². The van der Waals surface area contributed by atoms with Gasteiger partial charge in [0.15, 0.2) is 5.78 Å². The number of anilines is 2. The molecule has 7 nitrogen and oxygen atoms in total. The monoisotopic (exact) mass is 344 g/mol. The molecule has 3 aromatic rings. The van der Waals surface area contributed by atoms with Crippen LogP contribution >= 0.6 is 0 Å². The number of hydrogen-bond acceptors (Lipinski definition) is 6. The second kappa shape index (κ2) is 5.26. The zero-order valence-electron chi connectivity index (χ0n) is 14.3. The summed E-state index contributed by atoms with van der Waals surface area (Å²) in [6.07, 6.45) is 0. The number of nitrogens with zero attached hydrogens (tertiary/aromatic N) is 5. The maximum atomic E-state index is 13.1. The van der Waals surface area contributed by atoms with Crippen LogP contribution in [0, 0.1) is 0 Å². The Labute approximate surface area is 149 Å². The van der Waals surface area contributed by atoms with Crippen molar-refractivity contribution >= 4 is 23.1 Å². The Balaban J connectivity index is 1.70. The van der Waals surface area contributed by atoms with Crippen LogP contribution in [-0.2, 0) is 0 Å². The van der Waals surface area contributed by atoms with Gasteiger partial charge in [-0.1, -0.05) is 41.5 Å². The van der Waals surface area contributed by atoms with Gasteiger partial charge in [-0.25, -0.2) is 0 Å². The Morgan fingerprint density at radius 3 is 2.50 bits per heavy atom. The van der Waals surface area contributed by atoms with Crippen molar-refractivity contribution in [2.24, 2.45) is 0 Å². The van der Waals surface area contributed by atoms with Crippen molar-refractivity contribution < 1.29 is 4.79 Å². The minimum Gasteiger partial charge on any atom is -0.378 e. The second-order valence-corrected chi connectivity index (χ2v) is 6.62. The molecule has 128 valence electrons. The molecule has 2 heterocycles. The Bertz CT molecular complexity index is 1060. The van der Waals surface area contributed by atoms with Crippen molar-refractivity contribution in [2.75, 3.05) is 24.3 Å². The van der Waals surface area contributed by atoms with Gasteiger partial charge in [-0.2, -0.15) is 4.68 Å². The molecule has 1 N–H and O–H groups in total. The van der Waals surface area contributed by atoms with Crippen molar-refractivity contribution in [1.82, 2.24) is 20.2 Å². The van der Waals surface area contributed by atoms with Gasteiger partial charge in [-0.05, 0) is 28.1 Å². The highest BCUT2D eigenvalue weighted by molar-refractivity contribution is 6.23. The highest BCUT2D eigenvalue weighted by atomic mass is 16.1. The quantitative estimate of drug-likeness (QED) is 0.769. The Kier molecular flexibility index (Phi) is 3.00. The van der Waals surface area contributed by atoms with Crippen molar-refractivity contribution in [1.29, 1.82) is 0 Å². The van der Waals surface area contributed by atoms with E-state index in [1.54, 1.807) is 4.68 Å². The van der Waals surface area contributed by atoms with Crippen LogP contribution in [0.5, 0.6) is 0 Å². The van der Waals surface area contributed by atoms with Gasteiger partial charge >= 0.3 is 0 Å². The number of fused-ring (bicyclic) bond motifs is 3. The van der Waals surface area contributed by atoms with Crippen LogP contribution in [0.3, 0.4) is 0 Å². The Hall–Kier alpha value is -3.48. The number of hydrogen-bond donors (Lipinski definition) is 1. The summed E-state index contributed by atoms with van der Waals surface area (Å²) < 4.78 is 1.67. The van der Waals surface area contributed by atoms with Gasteiger partial charge in [-0.15, -0.1) is 0 Å². The summed E-state index contributed by atoms with van der Waals surface area (Å²) in [5.41, 5.74) is 5.16. The summed E-state index contributed by atoms with van der Waals surface area (Å²) >= 11 is 0. The molecule has 1 aliphatic carbocycles.